The number of amides is 1. The molecule has 10 nitrogen and oxygen atoms in total. The lowest BCUT2D eigenvalue weighted by Gasteiger charge is -2.05. The predicted molar refractivity (Wildman–Crippen MR) is 80.5 cm³/mol. The third-order valence-corrected chi connectivity index (χ3v) is 3.41. The number of carbonyl (C=O) groups excluding carboxylic acids is 1. The minimum atomic E-state index is -1.18. The molecule has 0 radical (unpaired) electrons. The number of nitrogens with zero attached hydrogens (tertiary/aromatic N) is 3. The normalized spacial score (nSPS) is 10.6. The summed E-state index contributed by atoms with van der Waals surface area (Å²) in [4.78, 5) is 32.9. The Morgan fingerprint density at radius 1 is 1.42 bits per heavy atom. The fourth-order valence-corrected chi connectivity index (χ4v) is 2.24. The molecule has 2 N–H and O–H groups in total. The van der Waals surface area contributed by atoms with Gasteiger partial charge < -0.3 is 14.8 Å². The maximum Gasteiger partial charge on any atom is 0.371 e. The topological polar surface area (TPSA) is 140 Å². The molecule has 2 aromatic heterocycles. The van der Waals surface area contributed by atoms with Crippen LogP contribution in [0.2, 0.25) is 0 Å². The van der Waals surface area contributed by atoms with Gasteiger partial charge in [0.25, 0.3) is 0 Å². The highest BCUT2D eigenvalue weighted by atomic mass is 16.6. The minimum absolute atomic E-state index is 0.0489. The number of nitro groups is 1. The molecule has 0 saturated carbocycles. The average Bonchev–Trinajstić information content (AvgIpc) is 3.08. The molecule has 2 aromatic rings. The molecule has 1 amide bonds. The van der Waals surface area contributed by atoms with Gasteiger partial charge in [-0.3, -0.25) is 19.6 Å². The first-order chi connectivity index (χ1) is 11.3. The van der Waals surface area contributed by atoms with Crippen molar-refractivity contribution in [1.29, 1.82) is 0 Å². The zero-order valence-electron chi connectivity index (χ0n) is 13.1. The maximum absolute atomic E-state index is 11.8. The summed E-state index contributed by atoms with van der Waals surface area (Å²) in [6.45, 7) is 3.37. The quantitative estimate of drug-likeness (QED) is 0.575. The number of carboxylic acid groups (broad SMARTS) is 1. The summed E-state index contributed by atoms with van der Waals surface area (Å²) in [6.07, 6.45) is 0.0750. The Morgan fingerprint density at radius 3 is 2.67 bits per heavy atom. The first-order valence-corrected chi connectivity index (χ1v) is 7.06. The maximum atomic E-state index is 11.8. The van der Waals surface area contributed by atoms with Crippen LogP contribution in [0, 0.1) is 24.0 Å². The highest BCUT2D eigenvalue weighted by Gasteiger charge is 2.21. The van der Waals surface area contributed by atoms with E-state index >= 15 is 0 Å². The van der Waals surface area contributed by atoms with E-state index in [-0.39, 0.29) is 36.9 Å². The van der Waals surface area contributed by atoms with Gasteiger partial charge in [-0.15, -0.1) is 0 Å². The monoisotopic (exact) mass is 336 g/mol. The Balaban J connectivity index is 1.88. The number of hydrogen-bond acceptors (Lipinski definition) is 6. The molecule has 0 aliphatic carbocycles. The van der Waals surface area contributed by atoms with E-state index in [0.717, 1.165) is 0 Å². The highest BCUT2D eigenvalue weighted by Crippen LogP contribution is 2.21. The molecule has 0 unspecified atom stereocenters. The van der Waals surface area contributed by atoms with E-state index in [1.54, 1.807) is 13.8 Å². The Labute approximate surface area is 136 Å². The molecular formula is C14H16N4O6. The Morgan fingerprint density at radius 2 is 2.12 bits per heavy atom. The molecule has 10 heteroatoms. The van der Waals surface area contributed by atoms with Crippen molar-refractivity contribution in [3.8, 4) is 0 Å². The molecule has 128 valence electrons. The van der Waals surface area contributed by atoms with Crippen LogP contribution in [0.4, 0.5) is 5.69 Å². The fourth-order valence-electron chi connectivity index (χ4n) is 2.24. The van der Waals surface area contributed by atoms with Crippen LogP contribution in [0.5, 0.6) is 0 Å². The standard InChI is InChI=1S/C14H16N4O6/c1-8-13(18(22)23)9(2)17(16-8)6-5-12(19)15-7-10-3-4-11(24-10)14(20)21/h3-4H,5-7H2,1-2H3,(H,15,19)(H,20,21). The van der Waals surface area contributed by atoms with Crippen molar-refractivity contribution in [3.63, 3.8) is 0 Å². The van der Waals surface area contributed by atoms with Gasteiger partial charge in [0.1, 0.15) is 17.1 Å². The van der Waals surface area contributed by atoms with Gasteiger partial charge in [0, 0.05) is 6.42 Å². The lowest BCUT2D eigenvalue weighted by atomic mass is 10.3. The number of aromatic carboxylic acids is 1. The first kappa shape index (κ1) is 17.2. The summed E-state index contributed by atoms with van der Waals surface area (Å²) in [7, 11) is 0. The largest absolute Gasteiger partial charge is 0.475 e. The lowest BCUT2D eigenvalue weighted by molar-refractivity contribution is -0.386. The third kappa shape index (κ3) is 3.77. The van der Waals surface area contributed by atoms with Crippen molar-refractivity contribution in [2.75, 3.05) is 0 Å². The summed E-state index contributed by atoms with van der Waals surface area (Å²) >= 11 is 0. The van der Waals surface area contributed by atoms with Crippen LogP contribution < -0.4 is 5.32 Å². The van der Waals surface area contributed by atoms with Crippen molar-refractivity contribution in [3.05, 3.63) is 45.2 Å². The second-order valence-corrected chi connectivity index (χ2v) is 5.10. The van der Waals surface area contributed by atoms with Crippen molar-refractivity contribution < 1.29 is 24.0 Å². The van der Waals surface area contributed by atoms with Gasteiger partial charge in [0.05, 0.1) is 18.0 Å². The fraction of sp³-hybridized carbons (Fsp3) is 0.357. The van der Waals surface area contributed by atoms with E-state index in [1.165, 1.54) is 16.8 Å². The highest BCUT2D eigenvalue weighted by molar-refractivity contribution is 5.84. The number of aryl methyl sites for hydroxylation is 2. The third-order valence-electron chi connectivity index (χ3n) is 3.41. The van der Waals surface area contributed by atoms with E-state index in [0.29, 0.717) is 17.1 Å². The summed E-state index contributed by atoms with van der Waals surface area (Å²) in [5, 5.41) is 26.3. The van der Waals surface area contributed by atoms with Crippen LogP contribution in [0.3, 0.4) is 0 Å². The second kappa shape index (κ2) is 6.94. The van der Waals surface area contributed by atoms with Gasteiger partial charge in [-0.1, -0.05) is 0 Å². The predicted octanol–water partition coefficient (Wildman–Crippen LogP) is 1.41. The van der Waals surface area contributed by atoms with Gasteiger partial charge in [-0.25, -0.2) is 4.79 Å². The number of furan rings is 1. The molecule has 0 aliphatic rings. The Bertz CT molecular complexity index is 791. The van der Waals surface area contributed by atoms with Gasteiger partial charge in [0.2, 0.25) is 11.7 Å². The van der Waals surface area contributed by atoms with Crippen molar-refractivity contribution in [1.82, 2.24) is 15.1 Å². The van der Waals surface area contributed by atoms with Crippen molar-refractivity contribution in [2.24, 2.45) is 0 Å². The summed E-state index contributed by atoms with van der Waals surface area (Å²) in [5.41, 5.74) is 0.643. The number of carboxylic acids is 1. The van der Waals surface area contributed by atoms with Crippen LogP contribution in [0.15, 0.2) is 16.5 Å². The molecular weight excluding hydrogens is 320 g/mol. The molecule has 0 saturated heterocycles. The van der Waals surface area contributed by atoms with Crippen LogP contribution >= 0.6 is 0 Å². The molecule has 2 heterocycles. The van der Waals surface area contributed by atoms with Gasteiger partial charge in [-0.05, 0) is 26.0 Å². The second-order valence-electron chi connectivity index (χ2n) is 5.10. The zero-order chi connectivity index (χ0) is 17.9. The molecule has 0 aromatic carbocycles. The summed E-state index contributed by atoms with van der Waals surface area (Å²) in [5.74, 6) is -1.37. The molecule has 24 heavy (non-hydrogen) atoms. The molecule has 0 bridgehead atoms. The lowest BCUT2D eigenvalue weighted by Crippen LogP contribution is -2.24. The summed E-state index contributed by atoms with van der Waals surface area (Å²) < 4.78 is 6.44. The van der Waals surface area contributed by atoms with E-state index in [4.69, 9.17) is 9.52 Å². The van der Waals surface area contributed by atoms with Crippen molar-refractivity contribution >= 4 is 17.6 Å². The van der Waals surface area contributed by atoms with E-state index < -0.39 is 10.9 Å². The first-order valence-electron chi connectivity index (χ1n) is 7.06. The summed E-state index contributed by atoms with van der Waals surface area (Å²) in [6, 6.07) is 2.77. The Hall–Kier alpha value is -3.17. The van der Waals surface area contributed by atoms with Gasteiger partial charge in [-0.2, -0.15) is 5.10 Å². The zero-order valence-corrected chi connectivity index (χ0v) is 13.1. The van der Waals surface area contributed by atoms with Crippen molar-refractivity contribution in [2.45, 2.75) is 33.4 Å². The smallest absolute Gasteiger partial charge is 0.371 e. The van der Waals surface area contributed by atoms with E-state index in [1.807, 2.05) is 0 Å². The van der Waals surface area contributed by atoms with Crippen LogP contribution in [-0.2, 0) is 17.9 Å². The van der Waals surface area contributed by atoms with E-state index in [2.05, 4.69) is 10.4 Å². The van der Waals surface area contributed by atoms with Gasteiger partial charge in [0.15, 0.2) is 0 Å². The molecule has 0 fully saturated rings. The Kier molecular flexibility index (Phi) is 4.97. The number of aromatic nitrogens is 2. The van der Waals surface area contributed by atoms with Crippen LogP contribution in [0.1, 0.15) is 34.1 Å². The number of carbonyl (C=O) groups is 2. The molecule has 0 spiro atoms. The number of hydrogen-bond donors (Lipinski definition) is 2. The molecule has 0 aliphatic heterocycles. The molecule has 0 atom stereocenters. The SMILES string of the molecule is Cc1nn(CCC(=O)NCc2ccc(C(=O)O)o2)c(C)c1[N+](=O)[O-]. The van der Waals surface area contributed by atoms with Crippen LogP contribution in [-0.4, -0.2) is 31.7 Å². The minimum Gasteiger partial charge on any atom is -0.475 e. The average molecular weight is 336 g/mol. The van der Waals surface area contributed by atoms with Crippen LogP contribution in [0.25, 0.3) is 0 Å². The number of rotatable bonds is 7. The molecule has 2 rings (SSSR count). The number of nitrogens with one attached hydrogen (secondary N) is 1. The van der Waals surface area contributed by atoms with Gasteiger partial charge >= 0.3 is 11.7 Å². The van der Waals surface area contributed by atoms with E-state index in [9.17, 15) is 19.7 Å².